The predicted octanol–water partition coefficient (Wildman–Crippen LogP) is 7.91. The van der Waals surface area contributed by atoms with Gasteiger partial charge in [0.25, 0.3) is 0 Å². The Morgan fingerprint density at radius 3 is 2.30 bits per heavy atom. The number of thiophene rings is 1. The van der Waals surface area contributed by atoms with Crippen molar-refractivity contribution >= 4 is 69.2 Å². The highest BCUT2D eigenvalue weighted by atomic mass is 79.9. The van der Waals surface area contributed by atoms with Crippen molar-refractivity contribution in [3.63, 3.8) is 0 Å². The molecule has 0 saturated heterocycles. The summed E-state index contributed by atoms with van der Waals surface area (Å²) in [7, 11) is 0. The van der Waals surface area contributed by atoms with Gasteiger partial charge in [0.15, 0.2) is 0 Å². The summed E-state index contributed by atoms with van der Waals surface area (Å²) in [5.41, 5.74) is 3.73. The van der Waals surface area contributed by atoms with Crippen LogP contribution >= 0.6 is 27.3 Å². The number of halogens is 1. The minimum Gasteiger partial charge on any atom is -0.309 e. The molecule has 27 heavy (non-hydrogen) atoms. The molecular formula is C24H14BrNS. The van der Waals surface area contributed by atoms with Crippen LogP contribution in [-0.4, -0.2) is 4.57 Å². The topological polar surface area (TPSA) is 4.93 Å². The van der Waals surface area contributed by atoms with E-state index in [2.05, 4.69) is 105 Å². The zero-order valence-electron chi connectivity index (χ0n) is 14.3. The quantitative estimate of drug-likeness (QED) is 0.251. The van der Waals surface area contributed by atoms with Crippen molar-refractivity contribution < 1.29 is 0 Å². The molecule has 0 spiro atoms. The van der Waals surface area contributed by atoms with Crippen LogP contribution in [0.5, 0.6) is 0 Å². The van der Waals surface area contributed by atoms with Crippen molar-refractivity contribution in [1.82, 2.24) is 4.57 Å². The molecule has 128 valence electrons. The fourth-order valence-corrected chi connectivity index (χ4v) is 5.63. The highest BCUT2D eigenvalue weighted by Crippen LogP contribution is 2.40. The minimum atomic E-state index is 1.11. The molecule has 0 saturated carbocycles. The average Bonchev–Trinajstić information content (AvgIpc) is 3.23. The highest BCUT2D eigenvalue weighted by molar-refractivity contribution is 9.10. The maximum atomic E-state index is 3.64. The molecule has 4 aromatic carbocycles. The van der Waals surface area contributed by atoms with E-state index in [9.17, 15) is 0 Å². The second kappa shape index (κ2) is 5.69. The molecule has 0 aliphatic rings. The number of para-hydroxylation sites is 1. The summed E-state index contributed by atoms with van der Waals surface area (Å²) in [6.07, 6.45) is 0. The van der Waals surface area contributed by atoms with E-state index in [0.29, 0.717) is 0 Å². The molecular weight excluding hydrogens is 414 g/mol. The molecule has 0 fully saturated rings. The molecule has 0 radical (unpaired) electrons. The van der Waals surface area contributed by atoms with Gasteiger partial charge < -0.3 is 4.57 Å². The van der Waals surface area contributed by atoms with Crippen molar-refractivity contribution in [1.29, 1.82) is 0 Å². The van der Waals surface area contributed by atoms with Crippen molar-refractivity contribution in [3.8, 4) is 5.69 Å². The van der Waals surface area contributed by atoms with Crippen molar-refractivity contribution in [2.24, 2.45) is 0 Å². The van der Waals surface area contributed by atoms with Crippen LogP contribution in [0.2, 0.25) is 0 Å². The Morgan fingerprint density at radius 2 is 1.37 bits per heavy atom. The first-order valence-electron chi connectivity index (χ1n) is 8.90. The maximum Gasteiger partial charge on any atom is 0.0555 e. The first-order valence-corrected chi connectivity index (χ1v) is 10.5. The van der Waals surface area contributed by atoms with Gasteiger partial charge in [-0.3, -0.25) is 0 Å². The third-order valence-corrected chi connectivity index (χ3v) is 6.89. The summed E-state index contributed by atoms with van der Waals surface area (Å²) >= 11 is 5.51. The lowest BCUT2D eigenvalue weighted by atomic mass is 10.1. The summed E-state index contributed by atoms with van der Waals surface area (Å²) in [5.74, 6) is 0. The third-order valence-electron chi connectivity index (χ3n) is 5.26. The predicted molar refractivity (Wildman–Crippen MR) is 121 cm³/mol. The van der Waals surface area contributed by atoms with Gasteiger partial charge >= 0.3 is 0 Å². The molecule has 0 unspecified atom stereocenters. The molecule has 2 aromatic heterocycles. The van der Waals surface area contributed by atoms with E-state index in [1.54, 1.807) is 0 Å². The van der Waals surface area contributed by atoms with Crippen LogP contribution < -0.4 is 0 Å². The van der Waals surface area contributed by atoms with Crippen LogP contribution in [-0.2, 0) is 0 Å². The van der Waals surface area contributed by atoms with Gasteiger partial charge in [0.1, 0.15) is 0 Å². The van der Waals surface area contributed by atoms with Gasteiger partial charge in [0, 0.05) is 35.4 Å². The van der Waals surface area contributed by atoms with Gasteiger partial charge in [-0.15, -0.1) is 11.3 Å². The monoisotopic (exact) mass is 427 g/mol. The molecule has 0 N–H and O–H groups in total. The minimum absolute atomic E-state index is 1.11. The second-order valence-corrected chi connectivity index (χ2v) is 8.76. The van der Waals surface area contributed by atoms with Gasteiger partial charge in [-0.25, -0.2) is 0 Å². The SMILES string of the molecule is Brc1ccc2c(c1)c1ccccc1n2-c1cccc2sc3ccccc3c12. The molecule has 0 amide bonds. The Labute approximate surface area is 168 Å². The number of nitrogens with zero attached hydrogens (tertiary/aromatic N) is 1. The fourth-order valence-electron chi connectivity index (χ4n) is 4.15. The Bertz CT molecular complexity index is 1490. The van der Waals surface area contributed by atoms with Gasteiger partial charge in [0.2, 0.25) is 0 Å². The van der Waals surface area contributed by atoms with Crippen molar-refractivity contribution in [2.45, 2.75) is 0 Å². The summed E-state index contributed by atoms with van der Waals surface area (Å²) in [6, 6.07) is 30.6. The summed E-state index contributed by atoms with van der Waals surface area (Å²) in [4.78, 5) is 0. The molecule has 0 atom stereocenters. The Kier molecular flexibility index (Phi) is 3.25. The van der Waals surface area contributed by atoms with Gasteiger partial charge in [-0.05, 0) is 42.5 Å². The largest absolute Gasteiger partial charge is 0.309 e. The number of benzene rings is 4. The standard InChI is InChI=1S/C24H14BrNS/c25-15-12-13-20-18(14-15)16-6-1-3-8-19(16)26(20)21-9-5-11-23-24(21)17-7-2-4-10-22(17)27-23/h1-14H. The lowest BCUT2D eigenvalue weighted by molar-refractivity contribution is 1.20. The van der Waals surface area contributed by atoms with Crippen LogP contribution in [0.4, 0.5) is 0 Å². The first kappa shape index (κ1) is 15.4. The van der Waals surface area contributed by atoms with Gasteiger partial charge in [0.05, 0.1) is 16.7 Å². The Morgan fingerprint density at radius 1 is 0.630 bits per heavy atom. The van der Waals surface area contributed by atoms with E-state index in [1.165, 1.54) is 47.7 Å². The van der Waals surface area contributed by atoms with E-state index in [4.69, 9.17) is 0 Å². The first-order chi connectivity index (χ1) is 13.3. The third kappa shape index (κ3) is 2.16. The van der Waals surface area contributed by atoms with Crippen LogP contribution in [0.1, 0.15) is 0 Å². The lowest BCUT2D eigenvalue weighted by Gasteiger charge is -2.10. The molecule has 0 aliphatic heterocycles. The number of aromatic nitrogens is 1. The summed E-state index contributed by atoms with van der Waals surface area (Å²) in [6.45, 7) is 0. The van der Waals surface area contributed by atoms with E-state index < -0.39 is 0 Å². The van der Waals surface area contributed by atoms with E-state index >= 15 is 0 Å². The second-order valence-electron chi connectivity index (χ2n) is 6.76. The smallest absolute Gasteiger partial charge is 0.0555 e. The van der Waals surface area contributed by atoms with Crippen LogP contribution in [0, 0.1) is 0 Å². The molecule has 1 nitrogen and oxygen atoms in total. The number of hydrogen-bond donors (Lipinski definition) is 0. The Balaban J connectivity index is 1.86. The zero-order chi connectivity index (χ0) is 18.0. The van der Waals surface area contributed by atoms with Crippen molar-refractivity contribution in [2.75, 3.05) is 0 Å². The normalized spacial score (nSPS) is 11.9. The van der Waals surface area contributed by atoms with Gasteiger partial charge in [-0.2, -0.15) is 0 Å². The summed E-state index contributed by atoms with van der Waals surface area (Å²) < 4.78 is 6.19. The lowest BCUT2D eigenvalue weighted by Crippen LogP contribution is -1.94. The summed E-state index contributed by atoms with van der Waals surface area (Å²) in [5, 5.41) is 5.22. The van der Waals surface area contributed by atoms with Crippen molar-refractivity contribution in [3.05, 3.63) is 89.4 Å². The molecule has 2 heterocycles. The number of hydrogen-bond acceptors (Lipinski definition) is 1. The number of fused-ring (bicyclic) bond motifs is 6. The van der Waals surface area contributed by atoms with E-state index in [-0.39, 0.29) is 0 Å². The number of rotatable bonds is 1. The van der Waals surface area contributed by atoms with Crippen LogP contribution in [0.15, 0.2) is 89.4 Å². The molecule has 6 aromatic rings. The Hall–Kier alpha value is -2.62. The van der Waals surface area contributed by atoms with Crippen LogP contribution in [0.3, 0.4) is 0 Å². The zero-order valence-corrected chi connectivity index (χ0v) is 16.7. The van der Waals surface area contributed by atoms with Crippen LogP contribution in [0.25, 0.3) is 47.7 Å². The fraction of sp³-hybridized carbons (Fsp3) is 0. The van der Waals surface area contributed by atoms with E-state index in [1.807, 2.05) is 11.3 Å². The molecule has 0 bridgehead atoms. The molecule has 0 aliphatic carbocycles. The molecule has 3 heteroatoms. The highest BCUT2D eigenvalue weighted by Gasteiger charge is 2.16. The van der Waals surface area contributed by atoms with Gasteiger partial charge in [-0.1, -0.05) is 58.4 Å². The van der Waals surface area contributed by atoms with E-state index in [0.717, 1.165) is 4.47 Å². The maximum absolute atomic E-state index is 3.64. The average molecular weight is 428 g/mol. The molecule has 6 rings (SSSR count).